The zero-order chi connectivity index (χ0) is 20.3. The number of morpholine rings is 1. The number of ether oxygens (including phenoxy) is 1. The van der Waals surface area contributed by atoms with Crippen molar-refractivity contribution < 1.29 is 4.74 Å². The average Bonchev–Trinajstić information content (AvgIpc) is 3.44. The Hall–Kier alpha value is -2.22. The van der Waals surface area contributed by atoms with Crippen molar-refractivity contribution in [2.45, 2.75) is 25.8 Å². The Bertz CT molecular complexity index is 1010. The molecule has 158 valence electrons. The van der Waals surface area contributed by atoms with Crippen LogP contribution in [0.2, 0.25) is 5.15 Å². The summed E-state index contributed by atoms with van der Waals surface area (Å²) in [7, 11) is 0. The van der Waals surface area contributed by atoms with E-state index in [4.69, 9.17) is 21.3 Å². The molecule has 3 aromatic rings. The largest absolute Gasteiger partial charge is 0.378 e. The Morgan fingerprint density at radius 2 is 1.80 bits per heavy atom. The molecule has 0 radical (unpaired) electrons. The molecule has 0 amide bonds. The molecule has 0 unspecified atom stereocenters. The van der Waals surface area contributed by atoms with Crippen molar-refractivity contribution >= 4 is 28.6 Å². The Labute approximate surface area is 181 Å². The minimum atomic E-state index is 0.453. The Morgan fingerprint density at radius 3 is 2.63 bits per heavy atom. The Kier molecular flexibility index (Phi) is 5.84. The predicted molar refractivity (Wildman–Crippen MR) is 119 cm³/mol. The number of imidazole rings is 1. The van der Waals surface area contributed by atoms with Gasteiger partial charge in [-0.3, -0.25) is 0 Å². The van der Waals surface area contributed by atoms with Crippen molar-refractivity contribution in [1.29, 1.82) is 0 Å². The standard InChI is InChI=1S/C22H27ClN6O/c23-21-15-18(25-22(26-21)28-10-12-30-13-11-28)17-4-5-20-19(14-17)24-16-29(20)9-3-8-27-6-1-2-7-27/h4-5,14-16H,1-3,6-13H2. The number of hydrogen-bond donors (Lipinski definition) is 0. The molecule has 0 spiro atoms. The van der Waals surface area contributed by atoms with E-state index in [0.29, 0.717) is 24.3 Å². The van der Waals surface area contributed by atoms with Crippen LogP contribution in [0.1, 0.15) is 19.3 Å². The third kappa shape index (κ3) is 4.29. The second-order valence-electron chi connectivity index (χ2n) is 8.02. The van der Waals surface area contributed by atoms with Gasteiger partial charge in [0.25, 0.3) is 0 Å². The van der Waals surface area contributed by atoms with Crippen LogP contribution in [0.4, 0.5) is 5.95 Å². The molecule has 5 rings (SSSR count). The van der Waals surface area contributed by atoms with Crippen molar-refractivity contribution in [3.05, 3.63) is 35.7 Å². The van der Waals surface area contributed by atoms with Crippen molar-refractivity contribution in [2.75, 3.05) is 50.8 Å². The molecule has 2 fully saturated rings. The van der Waals surface area contributed by atoms with E-state index in [2.05, 4.69) is 42.5 Å². The van der Waals surface area contributed by atoms with Crippen LogP contribution in [0, 0.1) is 0 Å². The van der Waals surface area contributed by atoms with Gasteiger partial charge in [-0.1, -0.05) is 17.7 Å². The fourth-order valence-corrected chi connectivity index (χ4v) is 4.51. The fourth-order valence-electron chi connectivity index (χ4n) is 4.33. The van der Waals surface area contributed by atoms with Gasteiger partial charge in [0.05, 0.1) is 36.3 Å². The number of benzene rings is 1. The van der Waals surface area contributed by atoms with Crippen LogP contribution >= 0.6 is 11.6 Å². The van der Waals surface area contributed by atoms with E-state index in [1.807, 2.05) is 12.4 Å². The van der Waals surface area contributed by atoms with Gasteiger partial charge in [-0.15, -0.1) is 0 Å². The summed E-state index contributed by atoms with van der Waals surface area (Å²) in [6.07, 6.45) is 5.79. The molecule has 0 aliphatic carbocycles. The van der Waals surface area contributed by atoms with Crippen LogP contribution in [0.5, 0.6) is 0 Å². The maximum Gasteiger partial charge on any atom is 0.227 e. The highest BCUT2D eigenvalue weighted by atomic mass is 35.5. The number of anilines is 1. The zero-order valence-corrected chi connectivity index (χ0v) is 17.9. The maximum absolute atomic E-state index is 6.32. The van der Waals surface area contributed by atoms with E-state index in [9.17, 15) is 0 Å². The van der Waals surface area contributed by atoms with E-state index >= 15 is 0 Å². The van der Waals surface area contributed by atoms with Crippen LogP contribution in [0.15, 0.2) is 30.6 Å². The van der Waals surface area contributed by atoms with Gasteiger partial charge in [-0.25, -0.2) is 15.0 Å². The summed E-state index contributed by atoms with van der Waals surface area (Å²) in [4.78, 5) is 18.5. The van der Waals surface area contributed by atoms with E-state index in [1.165, 1.54) is 32.5 Å². The minimum absolute atomic E-state index is 0.453. The van der Waals surface area contributed by atoms with Crippen molar-refractivity contribution in [2.24, 2.45) is 0 Å². The summed E-state index contributed by atoms with van der Waals surface area (Å²) < 4.78 is 7.68. The van der Waals surface area contributed by atoms with Gasteiger partial charge < -0.3 is 19.1 Å². The minimum Gasteiger partial charge on any atom is -0.378 e. The number of hydrogen-bond acceptors (Lipinski definition) is 6. The molecule has 2 aromatic heterocycles. The first-order valence-corrected chi connectivity index (χ1v) is 11.2. The molecule has 0 N–H and O–H groups in total. The number of aryl methyl sites for hydroxylation is 1. The number of aromatic nitrogens is 4. The van der Waals surface area contributed by atoms with Crippen molar-refractivity contribution in [3.8, 4) is 11.3 Å². The Morgan fingerprint density at radius 1 is 0.967 bits per heavy atom. The van der Waals surface area contributed by atoms with Gasteiger partial charge in [-0.2, -0.15) is 0 Å². The van der Waals surface area contributed by atoms with Gasteiger partial charge in [0.15, 0.2) is 0 Å². The second-order valence-corrected chi connectivity index (χ2v) is 8.41. The lowest BCUT2D eigenvalue weighted by Crippen LogP contribution is -2.37. The first kappa shape index (κ1) is 19.7. The fraction of sp³-hybridized carbons (Fsp3) is 0.500. The van der Waals surface area contributed by atoms with Gasteiger partial charge >= 0.3 is 0 Å². The van der Waals surface area contributed by atoms with E-state index in [-0.39, 0.29) is 0 Å². The topological polar surface area (TPSA) is 59.3 Å². The van der Waals surface area contributed by atoms with Crippen LogP contribution in [0.3, 0.4) is 0 Å². The Balaban J connectivity index is 1.34. The summed E-state index contributed by atoms with van der Waals surface area (Å²) in [5.74, 6) is 0.660. The third-order valence-electron chi connectivity index (χ3n) is 5.97. The van der Waals surface area contributed by atoms with Crippen molar-refractivity contribution in [1.82, 2.24) is 24.4 Å². The molecule has 2 saturated heterocycles. The molecule has 8 heteroatoms. The summed E-state index contributed by atoms with van der Waals surface area (Å²) in [5.41, 5.74) is 3.97. The zero-order valence-electron chi connectivity index (χ0n) is 17.1. The van der Waals surface area contributed by atoms with E-state index in [1.54, 1.807) is 0 Å². The number of halogens is 1. The van der Waals surface area contributed by atoms with Crippen LogP contribution in [0.25, 0.3) is 22.3 Å². The molecule has 4 heterocycles. The lowest BCUT2D eigenvalue weighted by atomic mass is 10.1. The molecule has 0 bridgehead atoms. The molecular weight excluding hydrogens is 400 g/mol. The van der Waals surface area contributed by atoms with Gasteiger partial charge in [0.2, 0.25) is 5.95 Å². The monoisotopic (exact) mass is 426 g/mol. The van der Waals surface area contributed by atoms with Crippen LogP contribution in [-0.4, -0.2) is 70.4 Å². The number of fused-ring (bicyclic) bond motifs is 1. The first-order valence-electron chi connectivity index (χ1n) is 10.8. The molecule has 1 aromatic carbocycles. The quantitative estimate of drug-likeness (QED) is 0.562. The highest BCUT2D eigenvalue weighted by molar-refractivity contribution is 6.29. The van der Waals surface area contributed by atoms with E-state index < -0.39 is 0 Å². The third-order valence-corrected chi connectivity index (χ3v) is 6.16. The lowest BCUT2D eigenvalue weighted by molar-refractivity contribution is 0.122. The molecular formula is C22H27ClN6O. The highest BCUT2D eigenvalue weighted by Crippen LogP contribution is 2.26. The van der Waals surface area contributed by atoms with Crippen molar-refractivity contribution in [3.63, 3.8) is 0 Å². The second kappa shape index (κ2) is 8.88. The highest BCUT2D eigenvalue weighted by Gasteiger charge is 2.16. The van der Waals surface area contributed by atoms with Crippen LogP contribution in [-0.2, 0) is 11.3 Å². The molecule has 7 nitrogen and oxygen atoms in total. The average molecular weight is 427 g/mol. The maximum atomic E-state index is 6.32. The summed E-state index contributed by atoms with van der Waals surface area (Å²) >= 11 is 6.32. The SMILES string of the molecule is Clc1cc(-c2ccc3c(c2)ncn3CCCN2CCCC2)nc(N2CCOCC2)n1. The van der Waals surface area contributed by atoms with Gasteiger partial charge in [0.1, 0.15) is 5.15 Å². The summed E-state index contributed by atoms with van der Waals surface area (Å²) in [6, 6.07) is 8.15. The number of nitrogens with zero attached hydrogens (tertiary/aromatic N) is 6. The molecule has 2 aliphatic heterocycles. The number of rotatable bonds is 6. The van der Waals surface area contributed by atoms with E-state index in [0.717, 1.165) is 48.3 Å². The predicted octanol–water partition coefficient (Wildman–Crippen LogP) is 3.47. The van der Waals surface area contributed by atoms with Crippen LogP contribution < -0.4 is 4.90 Å². The normalized spacial score (nSPS) is 17.8. The van der Waals surface area contributed by atoms with Gasteiger partial charge in [0, 0.05) is 31.3 Å². The van der Waals surface area contributed by atoms with Gasteiger partial charge in [-0.05, 0) is 51.0 Å². The number of likely N-dealkylation sites (tertiary alicyclic amines) is 1. The first-order chi connectivity index (χ1) is 14.8. The lowest BCUT2D eigenvalue weighted by Gasteiger charge is -2.27. The smallest absolute Gasteiger partial charge is 0.227 e. The molecule has 0 saturated carbocycles. The molecule has 30 heavy (non-hydrogen) atoms. The molecule has 0 atom stereocenters. The summed E-state index contributed by atoms with van der Waals surface area (Å²) in [6.45, 7) is 7.60. The molecule has 2 aliphatic rings. The summed E-state index contributed by atoms with van der Waals surface area (Å²) in [5, 5.41) is 0.453.